The zero-order chi connectivity index (χ0) is 24.6. The van der Waals surface area contributed by atoms with Gasteiger partial charge >= 0.3 is 0 Å². The van der Waals surface area contributed by atoms with E-state index in [4.69, 9.17) is 4.42 Å². The van der Waals surface area contributed by atoms with E-state index in [1.807, 2.05) is 49.4 Å². The van der Waals surface area contributed by atoms with Crippen molar-refractivity contribution in [1.82, 2.24) is 10.6 Å². The van der Waals surface area contributed by atoms with Crippen LogP contribution in [-0.4, -0.2) is 30.3 Å². The van der Waals surface area contributed by atoms with Crippen LogP contribution in [0.1, 0.15) is 59.8 Å². The molecule has 1 aromatic heterocycles. The quantitative estimate of drug-likeness (QED) is 0.502. The van der Waals surface area contributed by atoms with Crippen LogP contribution in [-0.2, 0) is 9.59 Å². The first kappa shape index (κ1) is 24.3. The Bertz CT molecular complexity index is 1140. The molecule has 3 aromatic rings. The second-order valence-electron chi connectivity index (χ2n) is 8.86. The Kier molecular flexibility index (Phi) is 7.98. The van der Waals surface area contributed by atoms with Crippen LogP contribution in [0.15, 0.2) is 77.4 Å². The first-order valence-corrected chi connectivity index (χ1v) is 12.1. The lowest BCUT2D eigenvalue weighted by atomic mass is 9.93. The fraction of sp³-hybridized carbons (Fsp3) is 0.321. The van der Waals surface area contributed by atoms with E-state index < -0.39 is 17.9 Å². The normalized spacial score (nSPS) is 14.7. The van der Waals surface area contributed by atoms with E-state index in [0.29, 0.717) is 5.69 Å². The molecule has 0 radical (unpaired) electrons. The molecule has 1 aliphatic rings. The molecule has 7 nitrogen and oxygen atoms in total. The van der Waals surface area contributed by atoms with Gasteiger partial charge in [0.05, 0.1) is 12.8 Å². The third-order valence-electron chi connectivity index (χ3n) is 6.39. The molecule has 0 unspecified atom stereocenters. The van der Waals surface area contributed by atoms with Gasteiger partial charge in [0.15, 0.2) is 5.76 Å². The zero-order valence-corrected chi connectivity index (χ0v) is 19.9. The molecule has 35 heavy (non-hydrogen) atoms. The molecule has 0 spiro atoms. The number of nitrogens with zero attached hydrogens (tertiary/aromatic N) is 1. The van der Waals surface area contributed by atoms with Crippen LogP contribution in [0.2, 0.25) is 0 Å². The van der Waals surface area contributed by atoms with Gasteiger partial charge in [-0.3, -0.25) is 19.3 Å². The number of benzene rings is 2. The van der Waals surface area contributed by atoms with Crippen LogP contribution in [0.25, 0.3) is 0 Å². The molecule has 3 amide bonds. The van der Waals surface area contributed by atoms with E-state index in [1.54, 1.807) is 18.2 Å². The number of hydrogen-bond donors (Lipinski definition) is 2. The summed E-state index contributed by atoms with van der Waals surface area (Å²) in [6.45, 7) is 1.65. The van der Waals surface area contributed by atoms with E-state index in [0.717, 1.165) is 36.8 Å². The van der Waals surface area contributed by atoms with E-state index in [2.05, 4.69) is 10.6 Å². The Labute approximate surface area is 205 Å². The van der Waals surface area contributed by atoms with E-state index in [9.17, 15) is 14.4 Å². The number of aryl methyl sites for hydroxylation is 1. The fourth-order valence-electron chi connectivity index (χ4n) is 4.58. The van der Waals surface area contributed by atoms with Crippen LogP contribution in [0.3, 0.4) is 0 Å². The molecule has 4 rings (SSSR count). The number of carbonyl (C=O) groups is 3. The molecule has 1 heterocycles. The largest absolute Gasteiger partial charge is 0.459 e. The highest BCUT2D eigenvalue weighted by Gasteiger charge is 2.35. The lowest BCUT2D eigenvalue weighted by Crippen LogP contribution is -2.50. The molecule has 182 valence electrons. The monoisotopic (exact) mass is 473 g/mol. The van der Waals surface area contributed by atoms with E-state index in [1.165, 1.54) is 23.7 Å². The molecule has 0 bridgehead atoms. The summed E-state index contributed by atoms with van der Waals surface area (Å²) < 4.78 is 5.13. The average molecular weight is 474 g/mol. The predicted octanol–water partition coefficient (Wildman–Crippen LogP) is 4.54. The van der Waals surface area contributed by atoms with Crippen molar-refractivity contribution in [3.05, 3.63) is 89.9 Å². The number of rotatable bonds is 8. The Morgan fingerprint density at radius 1 is 0.943 bits per heavy atom. The summed E-state index contributed by atoms with van der Waals surface area (Å²) in [5.41, 5.74) is 2.23. The third kappa shape index (κ3) is 5.98. The minimum Gasteiger partial charge on any atom is -0.459 e. The van der Waals surface area contributed by atoms with Gasteiger partial charge in [0, 0.05) is 11.7 Å². The maximum absolute atomic E-state index is 13.8. The summed E-state index contributed by atoms with van der Waals surface area (Å²) in [5.74, 6) is -0.992. The predicted molar refractivity (Wildman–Crippen MR) is 134 cm³/mol. The number of carbonyl (C=O) groups excluding carboxylic acids is 3. The van der Waals surface area contributed by atoms with Gasteiger partial charge in [0.2, 0.25) is 11.8 Å². The molecule has 7 heteroatoms. The molecule has 0 aliphatic heterocycles. The molecular formula is C28H31N3O4. The number of amides is 3. The van der Waals surface area contributed by atoms with Crippen LogP contribution in [0.4, 0.5) is 5.69 Å². The number of hydrogen-bond acceptors (Lipinski definition) is 4. The van der Waals surface area contributed by atoms with Gasteiger partial charge in [-0.1, -0.05) is 61.7 Å². The first-order chi connectivity index (χ1) is 17.0. The lowest BCUT2D eigenvalue weighted by Gasteiger charge is -2.34. The zero-order valence-electron chi connectivity index (χ0n) is 19.9. The number of anilines is 1. The summed E-state index contributed by atoms with van der Waals surface area (Å²) >= 11 is 0. The fourth-order valence-corrected chi connectivity index (χ4v) is 4.58. The van der Waals surface area contributed by atoms with Crippen LogP contribution < -0.4 is 15.5 Å². The Morgan fingerprint density at radius 3 is 2.34 bits per heavy atom. The molecule has 1 fully saturated rings. The number of para-hydroxylation sites is 1. The van der Waals surface area contributed by atoms with Crippen LogP contribution in [0.5, 0.6) is 0 Å². The minimum absolute atomic E-state index is 0.0918. The number of furan rings is 1. The van der Waals surface area contributed by atoms with E-state index in [-0.39, 0.29) is 24.3 Å². The SMILES string of the molecule is Cc1ccccc1[C@@H](C(=O)NC1CCCCC1)N(C(=O)CNC(=O)c1ccco1)c1ccccc1. The molecular weight excluding hydrogens is 442 g/mol. The van der Waals surface area contributed by atoms with E-state index >= 15 is 0 Å². The van der Waals surface area contributed by atoms with Crippen molar-refractivity contribution in [2.75, 3.05) is 11.4 Å². The molecule has 0 saturated heterocycles. The van der Waals surface area contributed by atoms with Gasteiger partial charge in [-0.25, -0.2) is 0 Å². The molecule has 2 N–H and O–H groups in total. The second kappa shape index (κ2) is 11.5. The molecule has 1 saturated carbocycles. The summed E-state index contributed by atoms with van der Waals surface area (Å²) in [6.07, 6.45) is 6.62. The van der Waals surface area contributed by atoms with Gasteiger partial charge in [-0.05, 0) is 55.2 Å². The standard InChI is InChI=1S/C28H31N3O4/c1-20-11-8-9-16-23(20)26(28(34)30-21-12-4-2-5-13-21)31(22-14-6-3-7-15-22)25(32)19-29-27(33)24-17-10-18-35-24/h3,6-11,14-18,21,26H,2,4-5,12-13,19H2,1H3,(H,29,33)(H,30,34)/t26-/m0/s1. The van der Waals surface area contributed by atoms with Gasteiger partial charge in [-0.2, -0.15) is 0 Å². The van der Waals surface area contributed by atoms with Crippen molar-refractivity contribution in [2.24, 2.45) is 0 Å². The maximum atomic E-state index is 13.8. The lowest BCUT2D eigenvalue weighted by molar-refractivity contribution is -0.127. The Hall–Kier alpha value is -3.87. The van der Waals surface area contributed by atoms with Crippen LogP contribution in [0, 0.1) is 6.92 Å². The summed E-state index contributed by atoms with van der Waals surface area (Å²) in [4.78, 5) is 41.3. The van der Waals surface area contributed by atoms with Gasteiger partial charge < -0.3 is 15.1 Å². The van der Waals surface area contributed by atoms with Crippen molar-refractivity contribution < 1.29 is 18.8 Å². The van der Waals surface area contributed by atoms with Crippen molar-refractivity contribution in [3.63, 3.8) is 0 Å². The minimum atomic E-state index is -0.881. The molecule has 2 aromatic carbocycles. The highest BCUT2D eigenvalue weighted by molar-refractivity contribution is 6.04. The number of nitrogens with one attached hydrogen (secondary N) is 2. The van der Waals surface area contributed by atoms with Gasteiger partial charge in [-0.15, -0.1) is 0 Å². The van der Waals surface area contributed by atoms with Crippen molar-refractivity contribution >= 4 is 23.4 Å². The highest BCUT2D eigenvalue weighted by Crippen LogP contribution is 2.30. The second-order valence-corrected chi connectivity index (χ2v) is 8.86. The Morgan fingerprint density at radius 2 is 1.66 bits per heavy atom. The summed E-state index contributed by atoms with van der Waals surface area (Å²) in [7, 11) is 0. The summed E-state index contributed by atoms with van der Waals surface area (Å²) in [5, 5.41) is 5.82. The summed E-state index contributed by atoms with van der Waals surface area (Å²) in [6, 6.07) is 19.0. The highest BCUT2D eigenvalue weighted by atomic mass is 16.3. The molecule has 1 atom stereocenters. The van der Waals surface area contributed by atoms with Gasteiger partial charge in [0.25, 0.3) is 5.91 Å². The van der Waals surface area contributed by atoms with Crippen molar-refractivity contribution in [3.8, 4) is 0 Å². The van der Waals surface area contributed by atoms with Crippen molar-refractivity contribution in [1.29, 1.82) is 0 Å². The maximum Gasteiger partial charge on any atom is 0.287 e. The average Bonchev–Trinajstić information content (AvgIpc) is 3.42. The van der Waals surface area contributed by atoms with Crippen LogP contribution >= 0.6 is 0 Å². The third-order valence-corrected chi connectivity index (χ3v) is 6.39. The first-order valence-electron chi connectivity index (χ1n) is 12.1. The molecule has 1 aliphatic carbocycles. The van der Waals surface area contributed by atoms with Crippen molar-refractivity contribution in [2.45, 2.75) is 51.1 Å². The topological polar surface area (TPSA) is 91.7 Å². The van der Waals surface area contributed by atoms with Gasteiger partial charge in [0.1, 0.15) is 6.04 Å². The Balaban J connectivity index is 1.66. The smallest absolute Gasteiger partial charge is 0.287 e.